The number of esters is 1. The molecular formula is C8H11NO2. The van der Waals surface area contributed by atoms with Crippen molar-refractivity contribution < 1.29 is 9.53 Å². The third-order valence-corrected chi connectivity index (χ3v) is 1.99. The van der Waals surface area contributed by atoms with E-state index in [2.05, 4.69) is 6.07 Å². The van der Waals surface area contributed by atoms with E-state index in [-0.39, 0.29) is 11.4 Å². The van der Waals surface area contributed by atoms with Gasteiger partial charge in [0.15, 0.2) is 0 Å². The summed E-state index contributed by atoms with van der Waals surface area (Å²) >= 11 is 0. The molecular weight excluding hydrogens is 142 g/mol. The van der Waals surface area contributed by atoms with Crippen LogP contribution in [0.5, 0.6) is 0 Å². The number of nitriles is 1. The van der Waals surface area contributed by atoms with Gasteiger partial charge in [0.05, 0.1) is 12.7 Å². The zero-order chi connectivity index (χ0) is 8.32. The summed E-state index contributed by atoms with van der Waals surface area (Å²) in [5, 5.41) is 8.42. The lowest BCUT2D eigenvalue weighted by Gasteiger charge is -2.09. The molecule has 0 aromatic carbocycles. The zero-order valence-electron chi connectivity index (χ0n) is 6.59. The average molecular weight is 153 g/mol. The maximum Gasteiger partial charge on any atom is 0.302 e. The van der Waals surface area contributed by atoms with E-state index in [0.717, 1.165) is 12.8 Å². The molecule has 0 atom stereocenters. The molecule has 0 bridgehead atoms. The number of carbonyl (C=O) groups excluding carboxylic acids is 1. The lowest BCUT2D eigenvalue weighted by Crippen LogP contribution is -2.12. The summed E-state index contributed by atoms with van der Waals surface area (Å²) in [6.07, 6.45) is 2.56. The van der Waals surface area contributed by atoms with Crippen LogP contribution < -0.4 is 0 Å². The van der Waals surface area contributed by atoms with Gasteiger partial charge in [-0.1, -0.05) is 0 Å². The van der Waals surface area contributed by atoms with E-state index in [1.54, 1.807) is 0 Å². The second-order valence-electron chi connectivity index (χ2n) is 3.12. The third-order valence-electron chi connectivity index (χ3n) is 1.99. The average Bonchev–Trinajstić information content (AvgIpc) is 2.67. The highest BCUT2D eigenvalue weighted by atomic mass is 16.5. The number of rotatable bonds is 3. The van der Waals surface area contributed by atoms with E-state index >= 15 is 0 Å². The van der Waals surface area contributed by atoms with Crippen molar-refractivity contribution in [2.24, 2.45) is 5.41 Å². The van der Waals surface area contributed by atoms with Crippen molar-refractivity contribution in [3.05, 3.63) is 0 Å². The van der Waals surface area contributed by atoms with Crippen molar-refractivity contribution in [1.82, 2.24) is 0 Å². The first-order valence-corrected chi connectivity index (χ1v) is 3.69. The maximum atomic E-state index is 10.4. The van der Waals surface area contributed by atoms with Gasteiger partial charge in [-0.15, -0.1) is 0 Å². The normalized spacial score (nSPS) is 18.5. The Morgan fingerprint density at radius 3 is 2.73 bits per heavy atom. The zero-order valence-corrected chi connectivity index (χ0v) is 6.59. The molecule has 1 fully saturated rings. The molecule has 60 valence electrons. The van der Waals surface area contributed by atoms with Gasteiger partial charge in [-0.25, -0.2) is 0 Å². The Morgan fingerprint density at radius 1 is 1.73 bits per heavy atom. The molecule has 0 aromatic heterocycles. The van der Waals surface area contributed by atoms with Crippen LogP contribution >= 0.6 is 0 Å². The van der Waals surface area contributed by atoms with Crippen molar-refractivity contribution >= 4 is 5.97 Å². The van der Waals surface area contributed by atoms with Gasteiger partial charge in [0.2, 0.25) is 0 Å². The molecule has 1 rings (SSSR count). The van der Waals surface area contributed by atoms with Crippen LogP contribution in [0, 0.1) is 16.7 Å². The fourth-order valence-corrected chi connectivity index (χ4v) is 0.971. The van der Waals surface area contributed by atoms with Gasteiger partial charge >= 0.3 is 5.97 Å². The van der Waals surface area contributed by atoms with E-state index in [1.807, 2.05) is 0 Å². The van der Waals surface area contributed by atoms with Crippen LogP contribution in [-0.2, 0) is 9.53 Å². The van der Waals surface area contributed by atoms with Crippen molar-refractivity contribution in [1.29, 1.82) is 5.26 Å². The molecule has 0 saturated heterocycles. The van der Waals surface area contributed by atoms with Crippen molar-refractivity contribution in [3.63, 3.8) is 0 Å². The molecule has 11 heavy (non-hydrogen) atoms. The van der Waals surface area contributed by atoms with E-state index in [0.29, 0.717) is 13.0 Å². The molecule has 0 N–H and O–H groups in total. The molecule has 0 radical (unpaired) electrons. The smallest absolute Gasteiger partial charge is 0.302 e. The first-order valence-electron chi connectivity index (χ1n) is 3.69. The molecule has 0 aromatic rings. The number of hydrogen-bond acceptors (Lipinski definition) is 3. The minimum absolute atomic E-state index is 0.0282. The standard InChI is InChI=1S/C8H11NO2/c1-7(10)11-6-8(2-3-8)4-5-9/h2-4,6H2,1H3. The summed E-state index contributed by atoms with van der Waals surface area (Å²) in [7, 11) is 0. The highest BCUT2D eigenvalue weighted by Gasteiger charge is 2.43. The SMILES string of the molecule is CC(=O)OCC1(CC#N)CC1. The van der Waals surface area contributed by atoms with Gasteiger partial charge in [-0.3, -0.25) is 4.79 Å². The number of carbonyl (C=O) groups is 1. The molecule has 3 heteroatoms. The summed E-state index contributed by atoms with van der Waals surface area (Å²) in [5.74, 6) is -0.255. The van der Waals surface area contributed by atoms with E-state index in [1.165, 1.54) is 6.92 Å². The van der Waals surface area contributed by atoms with E-state index < -0.39 is 0 Å². The van der Waals surface area contributed by atoms with Crippen LogP contribution in [0.3, 0.4) is 0 Å². The van der Waals surface area contributed by atoms with Crippen LogP contribution in [0.15, 0.2) is 0 Å². The predicted octanol–water partition coefficient (Wildman–Crippen LogP) is 1.24. The van der Waals surface area contributed by atoms with E-state index in [9.17, 15) is 4.79 Å². The van der Waals surface area contributed by atoms with Gasteiger partial charge in [0.25, 0.3) is 0 Å². The minimum Gasteiger partial charge on any atom is -0.465 e. The Balaban J connectivity index is 2.26. The molecule has 0 heterocycles. The van der Waals surface area contributed by atoms with E-state index in [4.69, 9.17) is 10.00 Å². The Morgan fingerprint density at radius 2 is 2.36 bits per heavy atom. The molecule has 0 amide bonds. The largest absolute Gasteiger partial charge is 0.465 e. The highest BCUT2D eigenvalue weighted by Crippen LogP contribution is 2.48. The monoisotopic (exact) mass is 153 g/mol. The van der Waals surface area contributed by atoms with Crippen LogP contribution in [-0.4, -0.2) is 12.6 Å². The van der Waals surface area contributed by atoms with Crippen molar-refractivity contribution in [2.75, 3.05) is 6.61 Å². The minimum atomic E-state index is -0.255. The lowest BCUT2D eigenvalue weighted by atomic mass is 10.1. The maximum absolute atomic E-state index is 10.4. The summed E-state index contributed by atoms with van der Waals surface area (Å²) in [4.78, 5) is 10.4. The number of hydrogen-bond donors (Lipinski definition) is 0. The third kappa shape index (κ3) is 2.23. The Bertz CT molecular complexity index is 201. The van der Waals surface area contributed by atoms with Gasteiger partial charge in [0.1, 0.15) is 0 Å². The topological polar surface area (TPSA) is 50.1 Å². The van der Waals surface area contributed by atoms with Crippen LogP contribution in [0.1, 0.15) is 26.2 Å². The van der Waals surface area contributed by atoms with Crippen LogP contribution in [0.25, 0.3) is 0 Å². The molecule has 3 nitrogen and oxygen atoms in total. The second-order valence-corrected chi connectivity index (χ2v) is 3.12. The molecule has 0 spiro atoms. The molecule has 1 aliphatic carbocycles. The molecule has 1 aliphatic rings. The van der Waals surface area contributed by atoms with Crippen LogP contribution in [0.2, 0.25) is 0 Å². The summed E-state index contributed by atoms with van der Waals surface area (Å²) in [6.45, 7) is 1.82. The first kappa shape index (κ1) is 8.06. The fourth-order valence-electron chi connectivity index (χ4n) is 0.971. The van der Waals surface area contributed by atoms with Gasteiger partial charge in [-0.2, -0.15) is 5.26 Å². The first-order chi connectivity index (χ1) is 5.18. The summed E-state index contributed by atoms with van der Waals surface area (Å²) < 4.78 is 4.83. The van der Waals surface area contributed by atoms with Gasteiger partial charge in [0, 0.05) is 18.8 Å². The molecule has 0 unspecified atom stereocenters. The predicted molar refractivity (Wildman–Crippen MR) is 38.5 cm³/mol. The lowest BCUT2D eigenvalue weighted by molar-refractivity contribution is -0.142. The Kier molecular flexibility index (Phi) is 2.13. The fraction of sp³-hybridized carbons (Fsp3) is 0.750. The summed E-state index contributed by atoms with van der Waals surface area (Å²) in [6, 6.07) is 2.10. The number of nitrogens with zero attached hydrogens (tertiary/aromatic N) is 1. The number of ether oxygens (including phenoxy) is 1. The molecule has 0 aliphatic heterocycles. The Labute approximate surface area is 66.0 Å². The summed E-state index contributed by atoms with van der Waals surface area (Å²) in [5.41, 5.74) is 0.0282. The van der Waals surface area contributed by atoms with Crippen LogP contribution in [0.4, 0.5) is 0 Å². The highest BCUT2D eigenvalue weighted by molar-refractivity contribution is 5.65. The Hall–Kier alpha value is -1.04. The van der Waals surface area contributed by atoms with Crippen molar-refractivity contribution in [2.45, 2.75) is 26.2 Å². The second kappa shape index (κ2) is 2.91. The van der Waals surface area contributed by atoms with Gasteiger partial charge < -0.3 is 4.74 Å². The quantitative estimate of drug-likeness (QED) is 0.573. The molecule has 1 saturated carbocycles. The van der Waals surface area contributed by atoms with Crippen molar-refractivity contribution in [3.8, 4) is 6.07 Å². The van der Waals surface area contributed by atoms with Gasteiger partial charge in [-0.05, 0) is 12.8 Å².